The molecule has 0 aliphatic carbocycles. The summed E-state index contributed by atoms with van der Waals surface area (Å²) >= 11 is 0. The molecule has 0 radical (unpaired) electrons. The summed E-state index contributed by atoms with van der Waals surface area (Å²) in [5, 5.41) is 0. The maximum atomic E-state index is 14.9. The van der Waals surface area contributed by atoms with E-state index in [0.29, 0.717) is 33.8 Å². The number of hydrogen-bond donors (Lipinski definition) is 0. The first-order valence-corrected chi connectivity index (χ1v) is 13.6. The normalized spacial score (nSPS) is 11.2. The molecule has 0 unspecified atom stereocenters. The average Bonchev–Trinajstić information content (AvgIpc) is 3.00. The first-order valence-electron chi connectivity index (χ1n) is 13.6. The van der Waals surface area contributed by atoms with E-state index < -0.39 is 11.9 Å². The molecule has 4 aromatic carbocycles. The Morgan fingerprint density at radius 1 is 0.558 bits per heavy atom. The van der Waals surface area contributed by atoms with Crippen molar-refractivity contribution >= 4 is 48.4 Å². The first kappa shape index (κ1) is 30.4. The van der Waals surface area contributed by atoms with Crippen molar-refractivity contribution in [3.05, 3.63) is 154 Å². The number of carbonyl (C=O) groups excluding carboxylic acids is 2. The van der Waals surface area contributed by atoms with Crippen molar-refractivity contribution in [1.29, 1.82) is 0 Å². The van der Waals surface area contributed by atoms with Crippen molar-refractivity contribution in [3.63, 3.8) is 0 Å². The Labute approximate surface area is 251 Å². The van der Waals surface area contributed by atoms with Crippen LogP contribution in [0.5, 0.6) is 11.5 Å². The van der Waals surface area contributed by atoms with Crippen LogP contribution in [0.15, 0.2) is 115 Å². The highest BCUT2D eigenvalue weighted by molar-refractivity contribution is 5.90. The molecule has 0 spiro atoms. The SMILES string of the molecule is C=C(C)C(=O)Oc1ccccc1C=Cc1ccc(C=Cc2ccc(C=Cc3ccccc3OC(=O)C(=C)C)c(F)c2)cc1. The molecule has 0 atom stereocenters. The minimum absolute atomic E-state index is 0.295. The standard InChI is InChI=1S/C38H31FO4/c1-26(2)37(40)42-35-11-7-5-9-32(35)22-19-29-15-13-28(14-16-29)17-18-30-20-21-31(34(39)25-30)23-24-33-10-6-8-12-36(33)43-38(41)27(3)4/h5-25H,1,3H2,2,4H3. The van der Waals surface area contributed by atoms with Gasteiger partial charge in [-0.1, -0.05) is 122 Å². The lowest BCUT2D eigenvalue weighted by atomic mass is 10.1. The molecule has 0 aliphatic heterocycles. The van der Waals surface area contributed by atoms with Crippen molar-refractivity contribution < 1.29 is 23.5 Å². The van der Waals surface area contributed by atoms with Crippen LogP contribution < -0.4 is 9.47 Å². The molecule has 0 aliphatic rings. The van der Waals surface area contributed by atoms with Crippen LogP contribution in [-0.2, 0) is 9.59 Å². The number of carbonyl (C=O) groups is 2. The van der Waals surface area contributed by atoms with Crippen LogP contribution in [0.3, 0.4) is 0 Å². The molecule has 5 heteroatoms. The van der Waals surface area contributed by atoms with Crippen LogP contribution in [0.25, 0.3) is 36.5 Å². The summed E-state index contributed by atoms with van der Waals surface area (Å²) in [7, 11) is 0. The Kier molecular flexibility index (Phi) is 10.2. The summed E-state index contributed by atoms with van der Waals surface area (Å²) in [5.41, 5.74) is 5.10. The minimum atomic E-state index is -0.515. The molecule has 0 saturated carbocycles. The molecule has 4 nitrogen and oxygen atoms in total. The van der Waals surface area contributed by atoms with Crippen molar-refractivity contribution in [2.45, 2.75) is 13.8 Å². The van der Waals surface area contributed by atoms with Gasteiger partial charge in [0.15, 0.2) is 0 Å². The van der Waals surface area contributed by atoms with E-state index in [0.717, 1.165) is 22.3 Å². The first-order chi connectivity index (χ1) is 20.7. The second kappa shape index (κ2) is 14.4. The Morgan fingerprint density at radius 3 is 1.44 bits per heavy atom. The highest BCUT2D eigenvalue weighted by atomic mass is 19.1. The zero-order valence-corrected chi connectivity index (χ0v) is 24.0. The number of esters is 2. The fourth-order valence-corrected chi connectivity index (χ4v) is 3.85. The smallest absolute Gasteiger partial charge is 0.338 e. The van der Waals surface area contributed by atoms with Gasteiger partial charge in [-0.2, -0.15) is 0 Å². The average molecular weight is 571 g/mol. The largest absolute Gasteiger partial charge is 0.423 e. The molecule has 0 amide bonds. The van der Waals surface area contributed by atoms with Gasteiger partial charge in [0, 0.05) is 27.8 Å². The van der Waals surface area contributed by atoms with E-state index in [1.807, 2.05) is 78.9 Å². The van der Waals surface area contributed by atoms with Gasteiger partial charge >= 0.3 is 11.9 Å². The predicted octanol–water partition coefficient (Wildman–Crippen LogP) is 9.30. The molecule has 0 heterocycles. The van der Waals surface area contributed by atoms with Gasteiger partial charge in [0.2, 0.25) is 0 Å². The van der Waals surface area contributed by atoms with Crippen LogP contribution in [0.1, 0.15) is 47.2 Å². The summed E-state index contributed by atoms with van der Waals surface area (Å²) in [5.74, 6) is -0.507. The lowest BCUT2D eigenvalue weighted by Crippen LogP contribution is -2.08. The van der Waals surface area contributed by atoms with Gasteiger partial charge in [-0.15, -0.1) is 0 Å². The third-order valence-electron chi connectivity index (χ3n) is 6.27. The molecular weight excluding hydrogens is 539 g/mol. The van der Waals surface area contributed by atoms with E-state index in [1.165, 1.54) is 6.07 Å². The molecule has 0 N–H and O–H groups in total. The number of hydrogen-bond acceptors (Lipinski definition) is 4. The molecule has 43 heavy (non-hydrogen) atoms. The molecule has 0 fully saturated rings. The van der Waals surface area contributed by atoms with Gasteiger partial charge in [-0.3, -0.25) is 0 Å². The lowest BCUT2D eigenvalue weighted by Gasteiger charge is -2.07. The monoisotopic (exact) mass is 570 g/mol. The fraction of sp³-hybridized carbons (Fsp3) is 0.0526. The van der Waals surface area contributed by atoms with Crippen molar-refractivity contribution in [2.24, 2.45) is 0 Å². The number of rotatable bonds is 10. The molecule has 0 saturated heterocycles. The molecule has 0 bridgehead atoms. The van der Waals surface area contributed by atoms with Gasteiger partial charge in [0.05, 0.1) is 0 Å². The number of benzene rings is 4. The van der Waals surface area contributed by atoms with E-state index >= 15 is 0 Å². The van der Waals surface area contributed by atoms with Crippen LogP contribution >= 0.6 is 0 Å². The van der Waals surface area contributed by atoms with Gasteiger partial charge < -0.3 is 9.47 Å². The lowest BCUT2D eigenvalue weighted by molar-refractivity contribution is -0.130. The topological polar surface area (TPSA) is 52.6 Å². The van der Waals surface area contributed by atoms with Crippen molar-refractivity contribution in [1.82, 2.24) is 0 Å². The van der Waals surface area contributed by atoms with E-state index in [4.69, 9.17) is 9.47 Å². The highest BCUT2D eigenvalue weighted by Gasteiger charge is 2.09. The van der Waals surface area contributed by atoms with Gasteiger partial charge in [-0.05, 0) is 48.7 Å². The summed E-state index contributed by atoms with van der Waals surface area (Å²) in [6.07, 6.45) is 10.9. The third kappa shape index (κ3) is 8.72. The van der Waals surface area contributed by atoms with Gasteiger partial charge in [-0.25, -0.2) is 14.0 Å². The van der Waals surface area contributed by atoms with Crippen molar-refractivity contribution in [2.75, 3.05) is 0 Å². The van der Waals surface area contributed by atoms with E-state index in [-0.39, 0.29) is 5.82 Å². The van der Waals surface area contributed by atoms with Crippen LogP contribution in [-0.4, -0.2) is 11.9 Å². The molecule has 0 aromatic heterocycles. The third-order valence-corrected chi connectivity index (χ3v) is 6.27. The van der Waals surface area contributed by atoms with Crippen LogP contribution in [0, 0.1) is 5.82 Å². The number of ether oxygens (including phenoxy) is 2. The zero-order chi connectivity index (χ0) is 30.8. The number of para-hydroxylation sites is 2. The van der Waals surface area contributed by atoms with Gasteiger partial charge in [0.1, 0.15) is 17.3 Å². The molecule has 4 aromatic rings. The maximum absolute atomic E-state index is 14.9. The zero-order valence-electron chi connectivity index (χ0n) is 24.0. The second-order valence-electron chi connectivity index (χ2n) is 9.86. The summed E-state index contributed by atoms with van der Waals surface area (Å²) in [4.78, 5) is 23.8. The number of halogens is 1. The van der Waals surface area contributed by atoms with E-state index in [9.17, 15) is 14.0 Å². The van der Waals surface area contributed by atoms with Gasteiger partial charge in [0.25, 0.3) is 0 Å². The minimum Gasteiger partial charge on any atom is -0.423 e. The van der Waals surface area contributed by atoms with Crippen LogP contribution in [0.4, 0.5) is 4.39 Å². The Bertz CT molecular complexity index is 1760. The van der Waals surface area contributed by atoms with Crippen molar-refractivity contribution in [3.8, 4) is 11.5 Å². The fourth-order valence-electron chi connectivity index (χ4n) is 3.85. The quantitative estimate of drug-likeness (QED) is 0.0825. The second-order valence-corrected chi connectivity index (χ2v) is 9.86. The summed E-state index contributed by atoms with van der Waals surface area (Å²) in [6, 6.07) is 27.2. The predicted molar refractivity (Wildman–Crippen MR) is 173 cm³/mol. The van der Waals surface area contributed by atoms with E-state index in [1.54, 1.807) is 56.3 Å². The summed E-state index contributed by atoms with van der Waals surface area (Å²) in [6.45, 7) is 10.4. The van der Waals surface area contributed by atoms with Crippen LogP contribution in [0.2, 0.25) is 0 Å². The molecule has 4 rings (SSSR count). The highest BCUT2D eigenvalue weighted by Crippen LogP contribution is 2.24. The Balaban J connectivity index is 1.41. The Hall–Kier alpha value is -5.55. The molecule has 214 valence electrons. The molecular formula is C38H31FO4. The maximum Gasteiger partial charge on any atom is 0.338 e. The van der Waals surface area contributed by atoms with E-state index in [2.05, 4.69) is 13.2 Å². The summed E-state index contributed by atoms with van der Waals surface area (Å²) < 4.78 is 25.7. The Morgan fingerprint density at radius 2 is 0.953 bits per heavy atom.